The van der Waals surface area contributed by atoms with Gasteiger partial charge in [-0.25, -0.2) is 4.79 Å². The molecule has 0 radical (unpaired) electrons. The molecule has 0 spiro atoms. The Labute approximate surface area is 90.2 Å². The van der Waals surface area contributed by atoms with E-state index in [1.807, 2.05) is 0 Å². The molecule has 3 nitrogen and oxygen atoms in total. The molecule has 4 fully saturated rings. The minimum absolute atomic E-state index is 0.647. The van der Waals surface area contributed by atoms with Gasteiger partial charge in [0.15, 0.2) is 0 Å². The van der Waals surface area contributed by atoms with Crippen LogP contribution >= 0.6 is 0 Å². The van der Waals surface area contributed by atoms with Crippen molar-refractivity contribution in [3.63, 3.8) is 0 Å². The monoisotopic (exact) mass is 209 g/mol. The molecule has 0 heterocycles. The standard InChI is InChI=1S/C12H19NO2/c14-12(15)13-6-11-9-2-7-1-8(4-9)5-10(11)3-7/h7-11,13H,1-6H2,(H,14,15). The topological polar surface area (TPSA) is 49.3 Å². The van der Waals surface area contributed by atoms with Crippen molar-refractivity contribution < 1.29 is 9.90 Å². The molecule has 0 aromatic carbocycles. The largest absolute Gasteiger partial charge is 0.465 e. The number of amides is 1. The summed E-state index contributed by atoms with van der Waals surface area (Å²) >= 11 is 0. The van der Waals surface area contributed by atoms with Gasteiger partial charge < -0.3 is 10.4 Å². The molecule has 4 aliphatic rings. The van der Waals surface area contributed by atoms with Gasteiger partial charge in [-0.3, -0.25) is 0 Å². The van der Waals surface area contributed by atoms with Crippen LogP contribution in [0.3, 0.4) is 0 Å². The van der Waals surface area contributed by atoms with E-state index in [0.717, 1.165) is 23.7 Å². The SMILES string of the molecule is O=C(O)NCC1C2CC3CC(C2)CC1C3. The summed E-state index contributed by atoms with van der Waals surface area (Å²) in [5.74, 6) is 4.26. The van der Waals surface area contributed by atoms with Gasteiger partial charge in [0, 0.05) is 6.54 Å². The first-order valence-corrected chi connectivity index (χ1v) is 6.19. The minimum Gasteiger partial charge on any atom is -0.465 e. The first-order chi connectivity index (χ1) is 7.22. The van der Waals surface area contributed by atoms with Crippen LogP contribution in [-0.4, -0.2) is 17.7 Å². The van der Waals surface area contributed by atoms with Crippen LogP contribution < -0.4 is 5.32 Å². The third kappa shape index (κ3) is 1.62. The first kappa shape index (κ1) is 9.49. The molecule has 3 heteroatoms. The van der Waals surface area contributed by atoms with Crippen molar-refractivity contribution in [1.29, 1.82) is 0 Å². The molecule has 15 heavy (non-hydrogen) atoms. The van der Waals surface area contributed by atoms with Gasteiger partial charge in [0.05, 0.1) is 0 Å². The second-order valence-electron chi connectivity index (χ2n) is 5.78. The van der Waals surface area contributed by atoms with Crippen molar-refractivity contribution in [2.75, 3.05) is 6.54 Å². The van der Waals surface area contributed by atoms with Crippen LogP contribution in [0.15, 0.2) is 0 Å². The Morgan fingerprint density at radius 3 is 2.07 bits per heavy atom. The number of rotatable bonds is 2. The Morgan fingerprint density at radius 2 is 1.60 bits per heavy atom. The van der Waals surface area contributed by atoms with Crippen LogP contribution in [0.25, 0.3) is 0 Å². The van der Waals surface area contributed by atoms with Crippen LogP contribution in [0, 0.1) is 29.6 Å². The number of carbonyl (C=O) groups is 1. The van der Waals surface area contributed by atoms with Gasteiger partial charge in [-0.05, 0) is 61.7 Å². The molecule has 2 N–H and O–H groups in total. The van der Waals surface area contributed by atoms with Crippen LogP contribution in [0.1, 0.15) is 32.1 Å². The van der Waals surface area contributed by atoms with Gasteiger partial charge in [0.1, 0.15) is 0 Å². The molecule has 0 saturated heterocycles. The molecule has 4 saturated carbocycles. The Balaban J connectivity index is 1.67. The smallest absolute Gasteiger partial charge is 0.404 e. The molecule has 0 aliphatic heterocycles. The average molecular weight is 209 g/mol. The zero-order valence-corrected chi connectivity index (χ0v) is 8.98. The van der Waals surface area contributed by atoms with Gasteiger partial charge in [-0.1, -0.05) is 0 Å². The number of hydrogen-bond acceptors (Lipinski definition) is 1. The lowest BCUT2D eigenvalue weighted by Crippen LogP contribution is -2.48. The fraction of sp³-hybridized carbons (Fsp3) is 0.917. The highest BCUT2D eigenvalue weighted by Crippen LogP contribution is 2.56. The van der Waals surface area contributed by atoms with E-state index in [1.165, 1.54) is 32.1 Å². The fourth-order valence-electron chi connectivity index (χ4n) is 4.58. The van der Waals surface area contributed by atoms with Crippen molar-refractivity contribution >= 4 is 6.09 Å². The van der Waals surface area contributed by atoms with Gasteiger partial charge in [-0.15, -0.1) is 0 Å². The van der Waals surface area contributed by atoms with Gasteiger partial charge in [-0.2, -0.15) is 0 Å². The van der Waals surface area contributed by atoms with Gasteiger partial charge >= 0.3 is 6.09 Å². The van der Waals surface area contributed by atoms with E-state index in [0.29, 0.717) is 12.5 Å². The van der Waals surface area contributed by atoms with Gasteiger partial charge in [0.2, 0.25) is 0 Å². The highest BCUT2D eigenvalue weighted by molar-refractivity contribution is 5.64. The summed E-state index contributed by atoms with van der Waals surface area (Å²) in [6, 6.07) is 0. The summed E-state index contributed by atoms with van der Waals surface area (Å²) in [5.41, 5.74) is 0. The molecule has 84 valence electrons. The normalized spacial score (nSPS) is 46.8. The second-order valence-corrected chi connectivity index (χ2v) is 5.78. The van der Waals surface area contributed by atoms with Crippen LogP contribution in [0.4, 0.5) is 4.79 Å². The molecule has 4 rings (SSSR count). The maximum absolute atomic E-state index is 10.5. The molecule has 0 aromatic heterocycles. The lowest BCUT2D eigenvalue weighted by atomic mass is 9.52. The summed E-state index contributed by atoms with van der Waals surface area (Å²) < 4.78 is 0. The minimum atomic E-state index is -0.858. The maximum atomic E-state index is 10.5. The van der Waals surface area contributed by atoms with Crippen LogP contribution in [-0.2, 0) is 0 Å². The lowest BCUT2D eigenvalue weighted by molar-refractivity contribution is -0.0348. The second kappa shape index (κ2) is 3.39. The molecule has 4 bridgehead atoms. The molecule has 0 atom stereocenters. The summed E-state index contributed by atoms with van der Waals surface area (Å²) in [7, 11) is 0. The zero-order valence-electron chi connectivity index (χ0n) is 8.98. The van der Waals surface area contributed by atoms with E-state index in [-0.39, 0.29) is 0 Å². The van der Waals surface area contributed by atoms with E-state index < -0.39 is 6.09 Å². The summed E-state index contributed by atoms with van der Waals surface area (Å²) in [6.45, 7) is 0.699. The van der Waals surface area contributed by atoms with Gasteiger partial charge in [0.25, 0.3) is 0 Å². The number of nitrogens with one attached hydrogen (secondary N) is 1. The summed E-state index contributed by atoms with van der Waals surface area (Å²) in [4.78, 5) is 10.5. The highest BCUT2D eigenvalue weighted by atomic mass is 16.4. The Morgan fingerprint density at radius 1 is 1.07 bits per heavy atom. The van der Waals surface area contributed by atoms with Crippen molar-refractivity contribution in [1.82, 2.24) is 5.32 Å². The predicted octanol–water partition coefficient (Wildman–Crippen LogP) is 2.33. The van der Waals surface area contributed by atoms with Crippen molar-refractivity contribution in [2.45, 2.75) is 32.1 Å². The van der Waals surface area contributed by atoms with Crippen molar-refractivity contribution in [2.24, 2.45) is 29.6 Å². The summed E-state index contributed by atoms with van der Waals surface area (Å²) in [6.07, 6.45) is 6.10. The Bertz CT molecular complexity index is 249. The van der Waals surface area contributed by atoms with Crippen LogP contribution in [0.2, 0.25) is 0 Å². The quantitative estimate of drug-likeness (QED) is 0.733. The molecule has 4 aliphatic carbocycles. The van der Waals surface area contributed by atoms with Crippen molar-refractivity contribution in [3.05, 3.63) is 0 Å². The molecular formula is C12H19NO2. The fourth-order valence-corrected chi connectivity index (χ4v) is 4.58. The average Bonchev–Trinajstić information content (AvgIpc) is 2.14. The molecule has 0 aromatic rings. The van der Waals surface area contributed by atoms with E-state index in [2.05, 4.69) is 5.32 Å². The highest BCUT2D eigenvalue weighted by Gasteiger charge is 2.47. The maximum Gasteiger partial charge on any atom is 0.404 e. The first-order valence-electron chi connectivity index (χ1n) is 6.19. The zero-order chi connectivity index (χ0) is 10.4. The predicted molar refractivity (Wildman–Crippen MR) is 56.6 cm³/mol. The van der Waals surface area contributed by atoms with Crippen molar-refractivity contribution in [3.8, 4) is 0 Å². The van der Waals surface area contributed by atoms with Crippen LogP contribution in [0.5, 0.6) is 0 Å². The van der Waals surface area contributed by atoms with E-state index in [1.54, 1.807) is 0 Å². The lowest BCUT2D eigenvalue weighted by Gasteiger charge is -2.54. The summed E-state index contributed by atoms with van der Waals surface area (Å²) in [5, 5.41) is 11.2. The van der Waals surface area contributed by atoms with E-state index in [9.17, 15) is 4.79 Å². The third-order valence-electron chi connectivity index (χ3n) is 4.91. The van der Waals surface area contributed by atoms with E-state index >= 15 is 0 Å². The molecule has 1 amide bonds. The Hall–Kier alpha value is -0.730. The number of hydrogen-bond donors (Lipinski definition) is 2. The molecular weight excluding hydrogens is 190 g/mol. The third-order valence-corrected chi connectivity index (χ3v) is 4.91. The molecule has 0 unspecified atom stereocenters. The Kier molecular flexibility index (Phi) is 2.15. The van der Waals surface area contributed by atoms with E-state index in [4.69, 9.17) is 5.11 Å². The number of carboxylic acid groups (broad SMARTS) is 1.